The van der Waals surface area contributed by atoms with Crippen molar-refractivity contribution < 1.29 is 24.1 Å². The molecule has 2 N–H and O–H groups in total. The van der Waals surface area contributed by atoms with Gasteiger partial charge in [0.05, 0.1) is 45.0 Å². The lowest BCUT2D eigenvalue weighted by Crippen LogP contribution is -2.59. The summed E-state index contributed by atoms with van der Waals surface area (Å²) in [5.74, 6) is 2.28. The highest BCUT2D eigenvalue weighted by atomic mass is 16.5. The summed E-state index contributed by atoms with van der Waals surface area (Å²) in [7, 11) is 3.23. The predicted molar refractivity (Wildman–Crippen MR) is 138 cm³/mol. The maximum absolute atomic E-state index is 12.9. The molecule has 0 radical (unpaired) electrons. The number of ether oxygens (including phenoxy) is 3. The molecular weight excluding hydrogens is 472 g/mol. The highest BCUT2D eigenvalue weighted by Gasteiger charge is 2.55. The van der Waals surface area contributed by atoms with Gasteiger partial charge < -0.3 is 29.2 Å². The quantitative estimate of drug-likeness (QED) is 0.441. The molecule has 4 aliphatic carbocycles. The summed E-state index contributed by atoms with van der Waals surface area (Å²) in [6.45, 7) is 2.62. The number of pyridine rings is 1. The number of carbonyl (C=O) groups is 1. The Bertz CT molecular complexity index is 1320. The second-order valence-electron chi connectivity index (χ2n) is 10.9. The first-order valence-corrected chi connectivity index (χ1v) is 13.1. The largest absolute Gasteiger partial charge is 0.493 e. The Morgan fingerprint density at radius 1 is 1.14 bits per heavy atom. The number of methoxy groups -OCH3 is 2. The molecule has 4 fully saturated rings. The molecule has 37 heavy (non-hydrogen) atoms. The Kier molecular flexibility index (Phi) is 5.98. The van der Waals surface area contributed by atoms with Gasteiger partial charge in [-0.1, -0.05) is 6.07 Å². The van der Waals surface area contributed by atoms with Crippen molar-refractivity contribution in [3.05, 3.63) is 41.9 Å². The average Bonchev–Trinajstić information content (AvgIpc) is 3.28. The molecule has 2 atom stereocenters. The number of anilines is 1. The van der Waals surface area contributed by atoms with E-state index in [1.54, 1.807) is 33.7 Å². The zero-order valence-corrected chi connectivity index (χ0v) is 21.6. The summed E-state index contributed by atoms with van der Waals surface area (Å²) < 4.78 is 18.2. The minimum Gasteiger partial charge on any atom is -0.493 e. The van der Waals surface area contributed by atoms with Crippen molar-refractivity contribution in [2.45, 2.75) is 57.2 Å². The van der Waals surface area contributed by atoms with E-state index >= 15 is 0 Å². The van der Waals surface area contributed by atoms with Crippen LogP contribution in [0.3, 0.4) is 0 Å². The molecule has 9 heteroatoms. The first-order chi connectivity index (χ1) is 17.9. The molecule has 2 aromatic heterocycles. The van der Waals surface area contributed by atoms with Crippen LogP contribution in [-0.4, -0.2) is 58.1 Å². The van der Waals surface area contributed by atoms with Gasteiger partial charge in [0, 0.05) is 12.2 Å². The van der Waals surface area contributed by atoms with Crippen LogP contribution in [0.4, 0.5) is 5.69 Å². The van der Waals surface area contributed by atoms with Gasteiger partial charge in [-0.2, -0.15) is 0 Å². The van der Waals surface area contributed by atoms with Crippen LogP contribution in [0.5, 0.6) is 11.5 Å². The maximum atomic E-state index is 12.9. The van der Waals surface area contributed by atoms with Gasteiger partial charge in [0.1, 0.15) is 11.1 Å². The molecule has 0 spiro atoms. The standard InChI is InChI=1S/C28H34N4O5/c1-4-37-27(33)20-13-29-26-25(30-15-32(26)14-16-5-6-21(35-2)22(9-16)36-3)24(20)31-23-18-7-17-8-19(23)12-28(34,10-17)11-18/h5-6,9,13,15,17-19,23,34H,4,7-8,10-12,14H2,1-3H3,(H,29,31)/t17?,18-,19-,23?,28?/m0/s1. The van der Waals surface area contributed by atoms with Crippen LogP contribution in [0.15, 0.2) is 30.7 Å². The highest BCUT2D eigenvalue weighted by Crippen LogP contribution is 2.56. The third-order valence-electron chi connectivity index (χ3n) is 8.48. The zero-order valence-electron chi connectivity index (χ0n) is 21.6. The van der Waals surface area contributed by atoms with Crippen molar-refractivity contribution in [2.75, 3.05) is 26.1 Å². The Hall–Kier alpha value is -3.33. The van der Waals surface area contributed by atoms with Gasteiger partial charge in [0.15, 0.2) is 17.1 Å². The van der Waals surface area contributed by atoms with Gasteiger partial charge in [-0.05, 0) is 74.5 Å². The Morgan fingerprint density at radius 3 is 2.57 bits per heavy atom. The molecule has 7 rings (SSSR count). The van der Waals surface area contributed by atoms with Gasteiger partial charge in [-0.25, -0.2) is 14.8 Å². The van der Waals surface area contributed by atoms with Crippen LogP contribution >= 0.6 is 0 Å². The molecule has 1 aromatic carbocycles. The van der Waals surface area contributed by atoms with E-state index in [1.165, 1.54) is 0 Å². The minimum absolute atomic E-state index is 0.187. The smallest absolute Gasteiger partial charge is 0.341 e. The molecule has 0 amide bonds. The fourth-order valence-electron chi connectivity index (χ4n) is 7.19. The number of imidazole rings is 1. The lowest BCUT2D eigenvalue weighted by molar-refractivity contribution is -0.129. The van der Waals surface area contributed by atoms with Gasteiger partial charge >= 0.3 is 5.97 Å². The van der Waals surface area contributed by atoms with E-state index in [1.807, 2.05) is 22.8 Å². The van der Waals surface area contributed by atoms with Crippen molar-refractivity contribution in [2.24, 2.45) is 17.8 Å². The number of nitrogens with zero attached hydrogens (tertiary/aromatic N) is 3. The summed E-state index contributed by atoms with van der Waals surface area (Å²) >= 11 is 0. The Balaban J connectivity index is 1.36. The summed E-state index contributed by atoms with van der Waals surface area (Å²) in [6.07, 6.45) is 8.15. The molecule has 2 heterocycles. The van der Waals surface area contributed by atoms with Crippen molar-refractivity contribution in [1.82, 2.24) is 14.5 Å². The fourth-order valence-corrected chi connectivity index (χ4v) is 7.19. The number of rotatable bonds is 8. The molecule has 0 unspecified atom stereocenters. The van der Waals surface area contributed by atoms with E-state index in [0.29, 0.717) is 58.2 Å². The molecule has 3 aromatic rings. The van der Waals surface area contributed by atoms with Crippen LogP contribution < -0.4 is 14.8 Å². The van der Waals surface area contributed by atoms with Crippen LogP contribution in [0, 0.1) is 17.8 Å². The lowest BCUT2D eigenvalue weighted by atomic mass is 9.52. The maximum Gasteiger partial charge on any atom is 0.341 e. The molecule has 196 valence electrons. The topological polar surface area (TPSA) is 108 Å². The second kappa shape index (κ2) is 9.20. The molecule has 0 saturated heterocycles. The first-order valence-electron chi connectivity index (χ1n) is 13.1. The first kappa shape index (κ1) is 24.0. The number of esters is 1. The second-order valence-corrected chi connectivity index (χ2v) is 10.9. The molecule has 4 aliphatic rings. The predicted octanol–water partition coefficient (Wildman–Crippen LogP) is 4.03. The number of fused-ring (bicyclic) bond motifs is 1. The van der Waals surface area contributed by atoms with Crippen LogP contribution in [0.1, 0.15) is 54.9 Å². The van der Waals surface area contributed by atoms with E-state index in [9.17, 15) is 9.90 Å². The van der Waals surface area contributed by atoms with Gasteiger partial charge in [-0.3, -0.25) is 0 Å². The van der Waals surface area contributed by atoms with Crippen LogP contribution in [0.2, 0.25) is 0 Å². The Labute approximate surface area is 216 Å². The van der Waals surface area contributed by atoms with E-state index in [-0.39, 0.29) is 12.6 Å². The number of hydrogen-bond acceptors (Lipinski definition) is 8. The van der Waals surface area contributed by atoms with E-state index in [4.69, 9.17) is 19.2 Å². The number of aromatic nitrogens is 3. The van der Waals surface area contributed by atoms with Crippen LogP contribution in [-0.2, 0) is 11.3 Å². The summed E-state index contributed by atoms with van der Waals surface area (Å²) in [4.78, 5) is 22.3. The summed E-state index contributed by atoms with van der Waals surface area (Å²) in [5.41, 5.74) is 2.91. The SMILES string of the molecule is CCOC(=O)c1cnc2c(ncn2Cc2ccc(OC)c(OC)c2)c1NC1[C@H]2CC3C[C@H]1CC(O)(C3)C2. The third kappa shape index (κ3) is 4.19. The summed E-state index contributed by atoms with van der Waals surface area (Å²) in [6, 6.07) is 5.99. The highest BCUT2D eigenvalue weighted by molar-refractivity contribution is 6.03. The number of aliphatic hydroxyl groups is 1. The zero-order chi connectivity index (χ0) is 25.7. The van der Waals surface area contributed by atoms with Crippen molar-refractivity contribution in [1.29, 1.82) is 0 Å². The third-order valence-corrected chi connectivity index (χ3v) is 8.48. The molecule has 4 bridgehead atoms. The Morgan fingerprint density at radius 2 is 1.89 bits per heavy atom. The van der Waals surface area contributed by atoms with Gasteiger partial charge in [0.2, 0.25) is 0 Å². The van der Waals surface area contributed by atoms with Crippen molar-refractivity contribution >= 4 is 22.8 Å². The molecule has 0 aliphatic heterocycles. The fraction of sp³-hybridized carbons (Fsp3) is 0.536. The van der Waals surface area contributed by atoms with Crippen molar-refractivity contribution in [3.8, 4) is 11.5 Å². The number of hydrogen-bond donors (Lipinski definition) is 2. The number of carbonyl (C=O) groups excluding carboxylic acids is 1. The van der Waals surface area contributed by atoms with Crippen LogP contribution in [0.25, 0.3) is 11.2 Å². The van der Waals surface area contributed by atoms with E-state index in [2.05, 4.69) is 10.3 Å². The molecule has 4 saturated carbocycles. The molecular formula is C28H34N4O5. The molecule has 9 nitrogen and oxygen atoms in total. The van der Waals surface area contributed by atoms with Crippen molar-refractivity contribution in [3.63, 3.8) is 0 Å². The lowest BCUT2D eigenvalue weighted by Gasteiger charge is -2.58. The minimum atomic E-state index is -0.521. The normalized spacial score (nSPS) is 27.9. The van der Waals surface area contributed by atoms with Gasteiger partial charge in [-0.15, -0.1) is 0 Å². The number of nitrogens with one attached hydrogen (secondary N) is 1. The van der Waals surface area contributed by atoms with E-state index in [0.717, 1.165) is 37.7 Å². The number of benzene rings is 1. The monoisotopic (exact) mass is 506 g/mol. The summed E-state index contributed by atoms with van der Waals surface area (Å²) in [5, 5.41) is 14.8. The van der Waals surface area contributed by atoms with Gasteiger partial charge in [0.25, 0.3) is 0 Å². The average molecular weight is 507 g/mol. The van der Waals surface area contributed by atoms with E-state index < -0.39 is 11.6 Å².